The molecule has 0 aromatic rings. The Bertz CT molecular complexity index is 306. The molecular weight excluding hydrogens is 206 g/mol. The Balaban J connectivity index is 2.83. The lowest BCUT2D eigenvalue weighted by Gasteiger charge is -2.37. The van der Waals surface area contributed by atoms with E-state index in [1.165, 1.54) is 0 Å². The van der Waals surface area contributed by atoms with Gasteiger partial charge in [-0.2, -0.15) is 0 Å². The molecule has 4 nitrogen and oxygen atoms in total. The molecule has 2 atom stereocenters. The summed E-state index contributed by atoms with van der Waals surface area (Å²) in [4.78, 5) is 13.6. The molecule has 16 heavy (non-hydrogen) atoms. The first-order valence-electron chi connectivity index (χ1n) is 5.52. The van der Waals surface area contributed by atoms with Crippen molar-refractivity contribution in [1.29, 1.82) is 0 Å². The van der Waals surface area contributed by atoms with Crippen molar-refractivity contribution in [3.8, 4) is 0 Å². The molecule has 0 fully saturated rings. The van der Waals surface area contributed by atoms with Crippen LogP contribution in [0.3, 0.4) is 0 Å². The second-order valence-corrected chi connectivity index (χ2v) is 5.47. The van der Waals surface area contributed by atoms with Gasteiger partial charge < -0.3 is 9.84 Å². The van der Waals surface area contributed by atoms with Crippen LogP contribution in [-0.4, -0.2) is 39.9 Å². The molecule has 0 aromatic heterocycles. The summed E-state index contributed by atoms with van der Waals surface area (Å²) in [7, 11) is 0. The normalized spacial score (nSPS) is 29.6. The third kappa shape index (κ3) is 2.55. The predicted octanol–water partition coefficient (Wildman–Crippen LogP) is 1.93. The van der Waals surface area contributed by atoms with Gasteiger partial charge in [0.1, 0.15) is 5.60 Å². The van der Waals surface area contributed by atoms with Crippen molar-refractivity contribution in [2.24, 2.45) is 0 Å². The maximum atomic E-state index is 12.0. The number of nitrogens with zero attached hydrogens (tertiary/aromatic N) is 1. The number of ether oxygens (including phenoxy) is 1. The molecule has 4 heteroatoms. The lowest BCUT2D eigenvalue weighted by Crippen LogP contribution is -2.52. The van der Waals surface area contributed by atoms with E-state index in [0.717, 1.165) is 0 Å². The Kier molecular flexibility index (Phi) is 3.33. The SMILES string of the molecule is CC1C=CC(C)(CO)N1C(=O)OC(C)(C)C. The highest BCUT2D eigenvalue weighted by atomic mass is 16.6. The number of hydrogen-bond acceptors (Lipinski definition) is 3. The molecule has 92 valence electrons. The van der Waals surface area contributed by atoms with Gasteiger partial charge in [-0.15, -0.1) is 0 Å². The van der Waals surface area contributed by atoms with Gasteiger partial charge in [-0.25, -0.2) is 4.79 Å². The summed E-state index contributed by atoms with van der Waals surface area (Å²) in [5, 5.41) is 9.36. The van der Waals surface area contributed by atoms with Crippen molar-refractivity contribution in [1.82, 2.24) is 4.90 Å². The molecule has 0 aromatic carbocycles. The van der Waals surface area contributed by atoms with Crippen molar-refractivity contribution in [2.45, 2.75) is 51.8 Å². The van der Waals surface area contributed by atoms with Crippen LogP contribution in [0.1, 0.15) is 34.6 Å². The lowest BCUT2D eigenvalue weighted by atomic mass is 10.0. The van der Waals surface area contributed by atoms with Gasteiger partial charge in [0.25, 0.3) is 0 Å². The van der Waals surface area contributed by atoms with Crippen molar-refractivity contribution in [3.05, 3.63) is 12.2 Å². The van der Waals surface area contributed by atoms with Gasteiger partial charge in [-0.1, -0.05) is 12.2 Å². The Morgan fingerprint density at radius 1 is 1.56 bits per heavy atom. The zero-order valence-corrected chi connectivity index (χ0v) is 10.7. The number of aliphatic hydroxyl groups excluding tert-OH is 1. The number of amides is 1. The van der Waals surface area contributed by atoms with Crippen molar-refractivity contribution in [3.63, 3.8) is 0 Å². The minimum Gasteiger partial charge on any atom is -0.444 e. The Labute approximate surface area is 96.9 Å². The van der Waals surface area contributed by atoms with Crippen LogP contribution in [0, 0.1) is 0 Å². The number of carbonyl (C=O) groups excluding carboxylic acids is 1. The van der Waals surface area contributed by atoms with Gasteiger partial charge >= 0.3 is 6.09 Å². The number of rotatable bonds is 1. The molecule has 1 rings (SSSR count). The molecule has 0 spiro atoms. The highest BCUT2D eigenvalue weighted by molar-refractivity contribution is 5.71. The van der Waals surface area contributed by atoms with Gasteiger partial charge in [-0.05, 0) is 34.6 Å². The highest BCUT2D eigenvalue weighted by Gasteiger charge is 2.41. The summed E-state index contributed by atoms with van der Waals surface area (Å²) >= 11 is 0. The van der Waals surface area contributed by atoms with Gasteiger partial charge in [0.2, 0.25) is 0 Å². The number of hydrogen-bond donors (Lipinski definition) is 1. The van der Waals surface area contributed by atoms with E-state index in [0.29, 0.717) is 0 Å². The minimum atomic E-state index is -0.651. The van der Waals surface area contributed by atoms with Crippen molar-refractivity contribution < 1.29 is 14.6 Å². The standard InChI is InChI=1S/C12H21NO3/c1-9-6-7-12(5,8-14)13(9)10(15)16-11(2,3)4/h6-7,9,14H,8H2,1-5H3. The Morgan fingerprint density at radius 3 is 2.56 bits per heavy atom. The molecule has 1 N–H and O–H groups in total. The van der Waals surface area contributed by atoms with E-state index < -0.39 is 11.1 Å². The predicted molar refractivity (Wildman–Crippen MR) is 62.2 cm³/mol. The first-order valence-corrected chi connectivity index (χ1v) is 5.52. The molecule has 1 aliphatic heterocycles. The average Bonchev–Trinajstić information content (AvgIpc) is 2.40. The minimum absolute atomic E-state index is 0.0491. The van der Waals surface area contributed by atoms with E-state index >= 15 is 0 Å². The largest absolute Gasteiger partial charge is 0.444 e. The quantitative estimate of drug-likeness (QED) is 0.696. The van der Waals surface area contributed by atoms with E-state index in [2.05, 4.69) is 0 Å². The van der Waals surface area contributed by atoms with E-state index in [4.69, 9.17) is 4.74 Å². The molecule has 1 heterocycles. The fourth-order valence-electron chi connectivity index (χ4n) is 1.79. The molecule has 0 bridgehead atoms. The average molecular weight is 227 g/mol. The van der Waals surface area contributed by atoms with Crippen LogP contribution in [0.25, 0.3) is 0 Å². The maximum absolute atomic E-state index is 12.0. The van der Waals surface area contributed by atoms with Crippen LogP contribution < -0.4 is 0 Å². The lowest BCUT2D eigenvalue weighted by molar-refractivity contribution is -0.00330. The maximum Gasteiger partial charge on any atom is 0.411 e. The summed E-state index contributed by atoms with van der Waals surface area (Å²) in [6, 6.07) is -0.0491. The molecule has 0 saturated carbocycles. The third-order valence-electron chi connectivity index (χ3n) is 2.60. The van der Waals surface area contributed by atoms with Gasteiger partial charge in [-0.3, -0.25) is 4.90 Å². The number of carbonyl (C=O) groups is 1. The summed E-state index contributed by atoms with van der Waals surface area (Å²) < 4.78 is 5.33. The van der Waals surface area contributed by atoms with Crippen LogP contribution >= 0.6 is 0 Å². The van der Waals surface area contributed by atoms with Crippen LogP contribution in [-0.2, 0) is 4.74 Å². The Hall–Kier alpha value is -1.03. The Morgan fingerprint density at radius 2 is 2.12 bits per heavy atom. The first-order chi connectivity index (χ1) is 7.19. The number of aliphatic hydroxyl groups is 1. The van der Waals surface area contributed by atoms with E-state index in [9.17, 15) is 9.90 Å². The van der Waals surface area contributed by atoms with E-state index in [-0.39, 0.29) is 18.7 Å². The van der Waals surface area contributed by atoms with Crippen molar-refractivity contribution in [2.75, 3.05) is 6.61 Å². The second kappa shape index (κ2) is 4.09. The summed E-state index contributed by atoms with van der Waals surface area (Å²) in [5.41, 5.74) is -1.17. The molecule has 1 aliphatic rings. The van der Waals surface area contributed by atoms with Gasteiger partial charge in [0.05, 0.1) is 18.2 Å². The highest BCUT2D eigenvalue weighted by Crippen LogP contribution is 2.28. The summed E-state index contributed by atoms with van der Waals surface area (Å²) in [6.07, 6.45) is 3.36. The topological polar surface area (TPSA) is 49.8 Å². The van der Waals surface area contributed by atoms with E-state index in [1.807, 2.05) is 46.8 Å². The van der Waals surface area contributed by atoms with Crippen LogP contribution in [0.5, 0.6) is 0 Å². The van der Waals surface area contributed by atoms with Gasteiger partial charge in [0, 0.05) is 0 Å². The van der Waals surface area contributed by atoms with Gasteiger partial charge in [0.15, 0.2) is 0 Å². The van der Waals surface area contributed by atoms with E-state index in [1.54, 1.807) is 4.90 Å². The fourth-order valence-corrected chi connectivity index (χ4v) is 1.79. The van der Waals surface area contributed by atoms with Crippen molar-refractivity contribution >= 4 is 6.09 Å². The van der Waals surface area contributed by atoms with Crippen LogP contribution in [0.2, 0.25) is 0 Å². The fraction of sp³-hybridized carbons (Fsp3) is 0.750. The first kappa shape index (κ1) is 13.0. The molecule has 0 aliphatic carbocycles. The third-order valence-corrected chi connectivity index (χ3v) is 2.60. The summed E-state index contributed by atoms with van der Waals surface area (Å²) in [5.74, 6) is 0. The molecule has 2 unspecified atom stereocenters. The van der Waals surface area contributed by atoms with Crippen LogP contribution in [0.4, 0.5) is 4.79 Å². The monoisotopic (exact) mass is 227 g/mol. The van der Waals surface area contributed by atoms with Crippen LogP contribution in [0.15, 0.2) is 12.2 Å². The summed E-state index contributed by atoms with van der Waals surface area (Å²) in [6.45, 7) is 9.10. The molecule has 0 radical (unpaired) electrons. The molecule has 0 saturated heterocycles. The zero-order chi connectivity index (χ0) is 12.6. The molecular formula is C12H21NO3. The smallest absolute Gasteiger partial charge is 0.411 e. The molecule has 1 amide bonds. The zero-order valence-electron chi connectivity index (χ0n) is 10.7. The second-order valence-electron chi connectivity index (χ2n) is 5.47.